The number of rotatable bonds is 4. The molecule has 128 valence electrons. The fourth-order valence-corrected chi connectivity index (χ4v) is 7.82. The number of hydrogen-bond acceptors (Lipinski definition) is 1. The molecule has 0 fully saturated rings. The molecule has 0 amide bonds. The van der Waals surface area contributed by atoms with Crippen LogP contribution in [0, 0.1) is 5.41 Å². The number of likely N-dealkylation sites (N-methyl/N-ethyl adjacent to an activating group) is 1. The Morgan fingerprint density at radius 1 is 1.09 bits per heavy atom. The first kappa shape index (κ1) is 23.4. The van der Waals surface area contributed by atoms with Crippen molar-refractivity contribution in [1.82, 2.24) is 4.90 Å². The van der Waals surface area contributed by atoms with Gasteiger partial charge in [-0.15, -0.1) is 0 Å². The van der Waals surface area contributed by atoms with Crippen molar-refractivity contribution in [3.63, 3.8) is 0 Å². The molecule has 0 aromatic carbocycles. The molecule has 0 bridgehead atoms. The first-order valence-corrected chi connectivity index (χ1v) is 10.4. The van der Waals surface area contributed by atoms with Gasteiger partial charge in [0.1, 0.15) is 0 Å². The summed E-state index contributed by atoms with van der Waals surface area (Å²) >= 11 is -0.676. The van der Waals surface area contributed by atoms with E-state index in [1.807, 2.05) is 0 Å². The van der Waals surface area contributed by atoms with Crippen LogP contribution in [0.15, 0.2) is 41.0 Å². The Morgan fingerprint density at radius 2 is 1.65 bits per heavy atom. The molecule has 0 N–H and O–H groups in total. The zero-order valence-corrected chi connectivity index (χ0v) is 19.6. The molecule has 1 unspecified atom stereocenters. The Labute approximate surface area is 166 Å². The molecule has 2 aliphatic rings. The van der Waals surface area contributed by atoms with Gasteiger partial charge in [-0.3, -0.25) is 0 Å². The van der Waals surface area contributed by atoms with Gasteiger partial charge in [0.05, 0.1) is 0 Å². The molecule has 2 rings (SSSR count). The van der Waals surface area contributed by atoms with E-state index in [0.717, 1.165) is 0 Å². The molecule has 0 saturated carbocycles. The zero-order valence-electron chi connectivity index (χ0n) is 15.6. The Hall–Kier alpha value is 0.383. The maximum atomic E-state index is 2.43. The summed E-state index contributed by atoms with van der Waals surface area (Å²) in [5.41, 5.74) is 6.63. The van der Waals surface area contributed by atoms with E-state index in [9.17, 15) is 0 Å². The van der Waals surface area contributed by atoms with Gasteiger partial charge in [0, 0.05) is 0 Å². The monoisotopic (exact) mass is 431 g/mol. The molecule has 1 nitrogen and oxygen atoms in total. The third kappa shape index (κ3) is 4.32. The molecule has 2 aliphatic carbocycles. The second-order valence-corrected chi connectivity index (χ2v) is 10.5. The van der Waals surface area contributed by atoms with Crippen molar-refractivity contribution in [3.8, 4) is 0 Å². The van der Waals surface area contributed by atoms with Gasteiger partial charge in [-0.25, -0.2) is 0 Å². The van der Waals surface area contributed by atoms with Crippen LogP contribution in [0.4, 0.5) is 0 Å². The van der Waals surface area contributed by atoms with E-state index in [2.05, 4.69) is 72.7 Å². The normalized spacial score (nSPS) is 20.7. The average Bonchev–Trinajstić information content (AvgIpc) is 2.93. The van der Waals surface area contributed by atoms with E-state index >= 15 is 0 Å². The number of nitrogens with zero attached hydrogens (tertiary/aromatic N) is 1. The van der Waals surface area contributed by atoms with Gasteiger partial charge in [-0.05, 0) is 0 Å². The summed E-state index contributed by atoms with van der Waals surface area (Å²) in [6.07, 6.45) is 5.95. The van der Waals surface area contributed by atoms with Crippen molar-refractivity contribution in [1.29, 1.82) is 0 Å². The second kappa shape index (κ2) is 8.66. The summed E-state index contributed by atoms with van der Waals surface area (Å²) < 4.78 is 3.58. The van der Waals surface area contributed by atoms with Gasteiger partial charge in [-0.1, -0.05) is 0 Å². The van der Waals surface area contributed by atoms with Gasteiger partial charge < -0.3 is 24.8 Å². The van der Waals surface area contributed by atoms with Crippen LogP contribution in [0.25, 0.3) is 0 Å². The molecule has 0 aromatic heterocycles. The van der Waals surface area contributed by atoms with Crippen molar-refractivity contribution >= 4 is 0 Å². The molecule has 1 atom stereocenters. The molecule has 23 heavy (non-hydrogen) atoms. The fourth-order valence-electron chi connectivity index (χ4n) is 3.31. The van der Waals surface area contributed by atoms with Crippen LogP contribution in [0.3, 0.4) is 0 Å². The van der Waals surface area contributed by atoms with Crippen molar-refractivity contribution < 1.29 is 48.0 Å². The van der Waals surface area contributed by atoms with Gasteiger partial charge in [-0.2, -0.15) is 0 Å². The van der Waals surface area contributed by atoms with Gasteiger partial charge in [0.2, 0.25) is 0 Å². The zero-order chi connectivity index (χ0) is 15.9. The predicted molar refractivity (Wildman–Crippen MR) is 88.8 cm³/mol. The summed E-state index contributed by atoms with van der Waals surface area (Å²) in [5.74, 6) is 0. The third-order valence-electron chi connectivity index (χ3n) is 5.53. The molecular weight excluding hydrogens is 404 g/mol. The van der Waals surface area contributed by atoms with Crippen molar-refractivity contribution in [2.24, 2.45) is 5.41 Å². The number of hydrogen-bond donors (Lipinski definition) is 0. The van der Waals surface area contributed by atoms with Crippen molar-refractivity contribution in [2.75, 3.05) is 14.1 Å². The van der Waals surface area contributed by atoms with Crippen LogP contribution in [-0.2, 0) is 23.2 Å². The minimum absolute atomic E-state index is 0. The maximum absolute atomic E-state index is 2.43. The molecule has 0 spiro atoms. The third-order valence-corrected chi connectivity index (χ3v) is 10.6. The topological polar surface area (TPSA) is 3.24 Å². The molecule has 0 aromatic rings. The van der Waals surface area contributed by atoms with Gasteiger partial charge in [0.25, 0.3) is 0 Å². The quantitative estimate of drug-likeness (QED) is 0.544. The molecular formula is C19H29Cl2NZr. The van der Waals surface area contributed by atoms with Crippen LogP contribution in [-0.4, -0.2) is 25.0 Å². The van der Waals surface area contributed by atoms with Crippen LogP contribution in [0.1, 0.15) is 48.0 Å². The molecule has 0 heterocycles. The minimum atomic E-state index is -0.676. The molecule has 4 heteroatoms. The van der Waals surface area contributed by atoms with Crippen molar-refractivity contribution in [3.05, 3.63) is 41.0 Å². The van der Waals surface area contributed by atoms with E-state index in [4.69, 9.17) is 0 Å². The summed E-state index contributed by atoms with van der Waals surface area (Å²) in [7, 11) is 4.37. The van der Waals surface area contributed by atoms with E-state index < -0.39 is 23.2 Å². The SMILES string of the molecule is CC1=C(C)C(C)(C)[C]([Zr+2][C]2=C(C(C)N(C)C)C=CC2)=C1C.[Cl-].[Cl-]. The van der Waals surface area contributed by atoms with E-state index in [1.54, 1.807) is 28.9 Å². The second-order valence-electron chi connectivity index (χ2n) is 7.18. The van der Waals surface area contributed by atoms with Crippen LogP contribution in [0.2, 0.25) is 0 Å². The van der Waals surface area contributed by atoms with Gasteiger partial charge >= 0.3 is 143 Å². The summed E-state index contributed by atoms with van der Waals surface area (Å²) in [6, 6.07) is 0.542. The summed E-state index contributed by atoms with van der Waals surface area (Å²) in [5, 5.41) is 0. The standard InChI is InChI=1S/C10H15.C9H14N.2ClH.Zr/c1-7-6-10(4,5)9(3)8(7)2;1-8(10(2)3)9-6-4-5-7-9;;;/h1-5H3;4,6,8H,5H2,1-3H3;2*1H;/q;;;;+2/p-2. The summed E-state index contributed by atoms with van der Waals surface area (Å²) in [4.78, 5) is 2.33. The Balaban J connectivity index is 0.00000242. The Bertz CT molecular complexity index is 580. The Morgan fingerprint density at radius 3 is 2.09 bits per heavy atom. The van der Waals surface area contributed by atoms with E-state index in [1.165, 1.54) is 6.42 Å². The van der Waals surface area contributed by atoms with Crippen LogP contribution in [0.5, 0.6) is 0 Å². The Kier molecular flexibility index (Phi) is 8.80. The first-order valence-electron chi connectivity index (χ1n) is 7.90. The van der Waals surface area contributed by atoms with E-state index in [-0.39, 0.29) is 24.8 Å². The molecule has 0 aliphatic heterocycles. The van der Waals surface area contributed by atoms with Gasteiger partial charge in [0.15, 0.2) is 0 Å². The number of allylic oxidation sites excluding steroid dienone is 6. The molecule has 0 radical (unpaired) electrons. The largest absolute Gasteiger partial charge is 1.00 e. The summed E-state index contributed by atoms with van der Waals surface area (Å²) in [6.45, 7) is 14.2. The maximum Gasteiger partial charge on any atom is -1.00 e. The predicted octanol–water partition coefficient (Wildman–Crippen LogP) is -1.11. The van der Waals surface area contributed by atoms with Crippen LogP contribution >= 0.6 is 0 Å². The van der Waals surface area contributed by atoms with E-state index in [0.29, 0.717) is 11.5 Å². The first-order chi connectivity index (χ1) is 9.67. The minimum Gasteiger partial charge on any atom is -1.00 e. The smallest absolute Gasteiger partial charge is 1.00 e. The number of halogens is 2. The average molecular weight is 434 g/mol. The van der Waals surface area contributed by atoms with Crippen LogP contribution < -0.4 is 24.8 Å². The fraction of sp³-hybridized carbons (Fsp3) is 0.579. The van der Waals surface area contributed by atoms with Crippen molar-refractivity contribution in [2.45, 2.75) is 54.0 Å². The molecule has 0 saturated heterocycles.